The number of ether oxygens (including phenoxy) is 2. The Hall–Kier alpha value is -1.26. The van der Waals surface area contributed by atoms with Crippen LogP contribution in [0, 0.1) is 5.92 Å². The summed E-state index contributed by atoms with van der Waals surface area (Å²) < 4.78 is 11.5. The molecule has 0 aromatic heterocycles. The largest absolute Gasteiger partial charge is 0.493 e. The van der Waals surface area contributed by atoms with Crippen molar-refractivity contribution in [3.05, 3.63) is 23.3 Å². The first-order chi connectivity index (χ1) is 9.92. The van der Waals surface area contributed by atoms with Gasteiger partial charge in [0.2, 0.25) is 0 Å². The molecule has 0 radical (unpaired) electrons. The summed E-state index contributed by atoms with van der Waals surface area (Å²) in [6.07, 6.45) is 1.08. The Morgan fingerprint density at radius 1 is 1.43 bits per heavy atom. The second kappa shape index (κ2) is 6.67. The summed E-state index contributed by atoms with van der Waals surface area (Å²) in [7, 11) is 0. The van der Waals surface area contributed by atoms with Crippen molar-refractivity contribution >= 4 is 0 Å². The number of aliphatic hydroxyl groups excluding tert-OH is 1. The molecule has 3 atom stereocenters. The zero-order valence-corrected chi connectivity index (χ0v) is 13.4. The summed E-state index contributed by atoms with van der Waals surface area (Å²) in [5.74, 6) is 2.01. The first-order valence-corrected chi connectivity index (χ1v) is 7.82. The highest BCUT2D eigenvalue weighted by molar-refractivity contribution is 5.49. The summed E-state index contributed by atoms with van der Waals surface area (Å²) >= 11 is 0. The van der Waals surface area contributed by atoms with Crippen LogP contribution in [-0.4, -0.2) is 23.9 Å². The fourth-order valence-corrected chi connectivity index (χ4v) is 2.87. The Morgan fingerprint density at radius 3 is 2.76 bits per heavy atom. The van der Waals surface area contributed by atoms with E-state index in [4.69, 9.17) is 15.2 Å². The Bertz CT molecular complexity index is 487. The van der Waals surface area contributed by atoms with Crippen LogP contribution in [-0.2, 0) is 6.42 Å². The zero-order valence-electron chi connectivity index (χ0n) is 13.4. The molecule has 1 aliphatic heterocycles. The van der Waals surface area contributed by atoms with E-state index in [-0.39, 0.29) is 12.1 Å². The van der Waals surface area contributed by atoms with Crippen LogP contribution in [0.25, 0.3) is 0 Å². The number of aliphatic hydroxyl groups is 1. The summed E-state index contributed by atoms with van der Waals surface area (Å²) in [5.41, 5.74) is 8.01. The molecule has 1 aromatic rings. The van der Waals surface area contributed by atoms with Gasteiger partial charge in [-0.1, -0.05) is 13.8 Å². The lowest BCUT2D eigenvalue weighted by Crippen LogP contribution is -2.30. The Kier molecular flexibility index (Phi) is 5.12. The summed E-state index contributed by atoms with van der Waals surface area (Å²) in [5, 5.41) is 10.6. The Morgan fingerprint density at radius 2 is 2.14 bits per heavy atom. The van der Waals surface area contributed by atoms with E-state index in [2.05, 4.69) is 13.8 Å². The molecule has 4 nitrogen and oxygen atoms in total. The van der Waals surface area contributed by atoms with E-state index in [1.807, 2.05) is 26.0 Å². The van der Waals surface area contributed by atoms with Crippen LogP contribution in [0.2, 0.25) is 0 Å². The number of fused-ring (bicyclic) bond motifs is 1. The van der Waals surface area contributed by atoms with Crippen LogP contribution in [0.3, 0.4) is 0 Å². The van der Waals surface area contributed by atoms with Crippen LogP contribution in [0.1, 0.15) is 51.3 Å². The fourth-order valence-electron chi connectivity index (χ4n) is 2.87. The molecule has 1 aliphatic rings. The van der Waals surface area contributed by atoms with Crippen LogP contribution in [0.5, 0.6) is 11.5 Å². The van der Waals surface area contributed by atoms with Crippen LogP contribution in [0.4, 0.5) is 0 Å². The molecule has 4 heteroatoms. The zero-order chi connectivity index (χ0) is 15.6. The van der Waals surface area contributed by atoms with Gasteiger partial charge in [-0.25, -0.2) is 0 Å². The molecular formula is C17H27NO3. The fraction of sp³-hybridized carbons (Fsp3) is 0.647. The Balaban J connectivity index is 2.30. The molecule has 3 N–H and O–H groups in total. The van der Waals surface area contributed by atoms with Crippen LogP contribution in [0.15, 0.2) is 12.1 Å². The number of hydrogen-bond donors (Lipinski definition) is 2. The lowest BCUT2D eigenvalue weighted by atomic mass is 9.93. The van der Waals surface area contributed by atoms with E-state index in [1.165, 1.54) is 0 Å². The molecule has 21 heavy (non-hydrogen) atoms. The van der Waals surface area contributed by atoms with Crippen molar-refractivity contribution in [2.45, 2.75) is 58.8 Å². The molecule has 118 valence electrons. The van der Waals surface area contributed by atoms with Gasteiger partial charge in [0, 0.05) is 23.6 Å². The topological polar surface area (TPSA) is 64.7 Å². The SMILES string of the molecule is CCOc1cc2c(cc1C(O)C(N)CC(C)C)OC(C)C2. The van der Waals surface area contributed by atoms with E-state index in [0.717, 1.165) is 35.5 Å². The smallest absolute Gasteiger partial charge is 0.125 e. The van der Waals surface area contributed by atoms with Crippen molar-refractivity contribution in [2.24, 2.45) is 11.7 Å². The van der Waals surface area contributed by atoms with Gasteiger partial charge < -0.3 is 20.3 Å². The van der Waals surface area contributed by atoms with Crippen molar-refractivity contribution in [3.8, 4) is 11.5 Å². The van der Waals surface area contributed by atoms with Crippen molar-refractivity contribution < 1.29 is 14.6 Å². The summed E-state index contributed by atoms with van der Waals surface area (Å²) in [6.45, 7) is 8.75. The third-order valence-corrected chi connectivity index (χ3v) is 3.80. The third kappa shape index (κ3) is 3.69. The molecule has 0 bridgehead atoms. The van der Waals surface area contributed by atoms with Gasteiger partial charge in [0.25, 0.3) is 0 Å². The molecule has 0 saturated carbocycles. The maximum absolute atomic E-state index is 10.6. The monoisotopic (exact) mass is 293 g/mol. The molecule has 1 heterocycles. The van der Waals surface area contributed by atoms with Gasteiger partial charge >= 0.3 is 0 Å². The predicted octanol–water partition coefficient (Wildman–Crippen LogP) is 2.82. The van der Waals surface area contributed by atoms with Gasteiger partial charge in [0.1, 0.15) is 17.6 Å². The highest BCUT2D eigenvalue weighted by atomic mass is 16.5. The molecule has 2 rings (SSSR count). The maximum atomic E-state index is 10.6. The highest BCUT2D eigenvalue weighted by Crippen LogP contribution is 2.38. The predicted molar refractivity (Wildman–Crippen MR) is 83.8 cm³/mol. The van der Waals surface area contributed by atoms with Crippen molar-refractivity contribution in [3.63, 3.8) is 0 Å². The standard InChI is InChI=1S/C17H27NO3/c1-5-20-16-8-12-7-11(4)21-15(12)9-13(16)17(19)14(18)6-10(2)3/h8-11,14,17,19H,5-7,18H2,1-4H3. The van der Waals surface area contributed by atoms with Gasteiger partial charge in [-0.15, -0.1) is 0 Å². The molecule has 0 aliphatic carbocycles. The minimum Gasteiger partial charge on any atom is -0.493 e. The normalized spacial score (nSPS) is 20.0. The van der Waals surface area contributed by atoms with Gasteiger partial charge in [-0.2, -0.15) is 0 Å². The minimum absolute atomic E-state index is 0.172. The average molecular weight is 293 g/mol. The van der Waals surface area contributed by atoms with Crippen LogP contribution >= 0.6 is 0 Å². The second-order valence-corrected chi connectivity index (χ2v) is 6.30. The van der Waals surface area contributed by atoms with Gasteiger partial charge in [0.15, 0.2) is 0 Å². The Labute approximate surface area is 127 Å². The molecule has 0 fully saturated rings. The first kappa shape index (κ1) is 16.1. The van der Waals surface area contributed by atoms with Crippen LogP contribution < -0.4 is 15.2 Å². The second-order valence-electron chi connectivity index (χ2n) is 6.30. The summed E-state index contributed by atoms with van der Waals surface area (Å²) in [4.78, 5) is 0. The lowest BCUT2D eigenvalue weighted by Gasteiger charge is -2.23. The molecular weight excluding hydrogens is 266 g/mol. The maximum Gasteiger partial charge on any atom is 0.125 e. The van der Waals surface area contributed by atoms with Crippen molar-refractivity contribution in [1.29, 1.82) is 0 Å². The minimum atomic E-state index is -0.737. The number of rotatable bonds is 6. The molecule has 0 spiro atoms. The average Bonchev–Trinajstić information content (AvgIpc) is 2.75. The molecule has 0 amide bonds. The highest BCUT2D eigenvalue weighted by Gasteiger charge is 2.27. The number of nitrogens with two attached hydrogens (primary N) is 1. The van der Waals surface area contributed by atoms with E-state index in [0.29, 0.717) is 12.5 Å². The van der Waals surface area contributed by atoms with Gasteiger partial charge in [-0.3, -0.25) is 0 Å². The number of benzene rings is 1. The van der Waals surface area contributed by atoms with Crippen molar-refractivity contribution in [1.82, 2.24) is 0 Å². The van der Waals surface area contributed by atoms with Crippen molar-refractivity contribution in [2.75, 3.05) is 6.61 Å². The molecule has 0 saturated heterocycles. The van der Waals surface area contributed by atoms with E-state index in [1.54, 1.807) is 0 Å². The lowest BCUT2D eigenvalue weighted by molar-refractivity contribution is 0.131. The third-order valence-electron chi connectivity index (χ3n) is 3.80. The summed E-state index contributed by atoms with van der Waals surface area (Å²) in [6, 6.07) is 3.58. The van der Waals surface area contributed by atoms with Gasteiger partial charge in [0.05, 0.1) is 12.7 Å². The van der Waals surface area contributed by atoms with E-state index >= 15 is 0 Å². The quantitative estimate of drug-likeness (QED) is 0.846. The molecule has 1 aromatic carbocycles. The van der Waals surface area contributed by atoms with E-state index < -0.39 is 6.10 Å². The van der Waals surface area contributed by atoms with E-state index in [9.17, 15) is 5.11 Å². The first-order valence-electron chi connectivity index (χ1n) is 7.82. The van der Waals surface area contributed by atoms with Gasteiger partial charge in [-0.05, 0) is 38.3 Å². The molecule has 3 unspecified atom stereocenters. The number of hydrogen-bond acceptors (Lipinski definition) is 4.